The molecule has 0 spiro atoms. The largest absolute Gasteiger partial charge is 1.00 e. The molecule has 2 aromatic heterocycles. The molecule has 0 unspecified atom stereocenters. The van der Waals surface area contributed by atoms with Crippen molar-refractivity contribution < 1.29 is 43.2 Å². The maximum Gasteiger partial charge on any atom is 1.00 e. The van der Waals surface area contributed by atoms with Gasteiger partial charge in [0.2, 0.25) is 0 Å². The average Bonchev–Trinajstić information content (AvgIpc) is 3.06. The van der Waals surface area contributed by atoms with E-state index in [1.54, 1.807) is 13.3 Å². The van der Waals surface area contributed by atoms with Crippen molar-refractivity contribution in [1.82, 2.24) is 15.0 Å². The minimum Gasteiger partial charge on any atom is -0.493 e. The Hall–Kier alpha value is -1.25. The molecule has 132 valence electrons. The molecule has 1 N–H and O–H groups in total. The van der Waals surface area contributed by atoms with Crippen LogP contribution in [0.2, 0.25) is 0 Å². The van der Waals surface area contributed by atoms with Crippen LogP contribution < -0.4 is 34.3 Å². The Bertz CT molecular complexity index is 852. The molecule has 8 heteroatoms. The van der Waals surface area contributed by atoms with Crippen molar-refractivity contribution in [3.63, 3.8) is 0 Å². The summed E-state index contributed by atoms with van der Waals surface area (Å²) < 4.78 is 23.5. The second kappa shape index (κ2) is 10.2. The van der Waals surface area contributed by atoms with E-state index in [2.05, 4.69) is 15.0 Å². The van der Waals surface area contributed by atoms with Crippen LogP contribution in [0.1, 0.15) is 17.7 Å². The minimum atomic E-state index is -1.30. The molecule has 6 nitrogen and oxygen atoms in total. The van der Waals surface area contributed by atoms with Gasteiger partial charge in [-0.05, 0) is 25.1 Å². The molecule has 3 aromatic rings. The molecule has 0 radical (unpaired) electrons. The average molecular weight is 382 g/mol. The molecule has 0 aliphatic heterocycles. The maximum atomic E-state index is 12.7. The van der Waals surface area contributed by atoms with Gasteiger partial charge < -0.3 is 14.5 Å². The molecule has 0 amide bonds. The molecule has 1 atom stereocenters. The second-order valence-electron chi connectivity index (χ2n) is 5.62. The molecule has 3 rings (SSSR count). The zero-order valence-electron chi connectivity index (χ0n) is 15.3. The number of benzene rings is 1. The van der Waals surface area contributed by atoms with Gasteiger partial charge >= 0.3 is 29.6 Å². The Labute approximate surface area is 177 Å². The van der Waals surface area contributed by atoms with Gasteiger partial charge in [0.05, 0.1) is 39.9 Å². The molecule has 0 aliphatic carbocycles. The standard InChI is InChI=1S/C18H21N3O3S.Na/c1-13-16(19-9-8-17(13)24-11-5-10-23-2)12-25(22)18-20-14-6-3-4-7-15(14)21-18;/h3-4,6-9H,5,10-12H2,1-2H3,(H,20,21);/q;+1/t25-;/m1./s1. The van der Waals surface area contributed by atoms with Gasteiger partial charge in [-0.25, -0.2) is 4.98 Å². The van der Waals surface area contributed by atoms with Crippen molar-refractivity contribution in [2.45, 2.75) is 24.3 Å². The van der Waals surface area contributed by atoms with E-state index in [-0.39, 0.29) is 29.6 Å². The van der Waals surface area contributed by atoms with Crippen LogP contribution in [0.5, 0.6) is 5.75 Å². The van der Waals surface area contributed by atoms with Gasteiger partial charge in [0.25, 0.3) is 0 Å². The molecule has 0 bridgehead atoms. The van der Waals surface area contributed by atoms with Crippen LogP contribution in [0.3, 0.4) is 0 Å². The van der Waals surface area contributed by atoms with Gasteiger partial charge in [0, 0.05) is 31.9 Å². The quantitative estimate of drug-likeness (QED) is 0.438. The van der Waals surface area contributed by atoms with E-state index in [9.17, 15) is 4.21 Å². The number of ether oxygens (including phenoxy) is 2. The van der Waals surface area contributed by atoms with E-state index < -0.39 is 10.8 Å². The van der Waals surface area contributed by atoms with E-state index in [1.165, 1.54) is 0 Å². The number of imidazole rings is 1. The van der Waals surface area contributed by atoms with Crippen molar-refractivity contribution >= 4 is 21.8 Å². The fourth-order valence-electron chi connectivity index (χ4n) is 2.48. The summed E-state index contributed by atoms with van der Waals surface area (Å²) in [5, 5.41) is 0.466. The number of hydrogen-bond acceptors (Lipinski definition) is 5. The summed E-state index contributed by atoms with van der Waals surface area (Å²) in [7, 11) is 0.371. The fourth-order valence-corrected chi connectivity index (χ4v) is 3.58. The molecule has 0 saturated carbocycles. The van der Waals surface area contributed by atoms with Gasteiger partial charge in [-0.3, -0.25) is 9.19 Å². The first-order valence-corrected chi connectivity index (χ1v) is 9.40. The summed E-state index contributed by atoms with van der Waals surface area (Å²) >= 11 is 0. The zero-order chi connectivity index (χ0) is 17.6. The number of fused-ring (bicyclic) bond motifs is 1. The van der Waals surface area contributed by atoms with Crippen LogP contribution in [0.15, 0.2) is 41.7 Å². The molecular formula is C18H21N3NaO3S+. The van der Waals surface area contributed by atoms with Crippen LogP contribution in [0.4, 0.5) is 0 Å². The molecule has 26 heavy (non-hydrogen) atoms. The van der Waals surface area contributed by atoms with Crippen LogP contribution in [0, 0.1) is 6.92 Å². The SMILES string of the molecule is COCCCOc1ccnc(C[S@@](=O)c2nc3ccccc3[nH]2)c1C.[Na+]. The van der Waals surface area contributed by atoms with Crippen LogP contribution >= 0.6 is 0 Å². The Morgan fingerprint density at radius 2 is 2.00 bits per heavy atom. The smallest absolute Gasteiger partial charge is 0.493 e. The number of methoxy groups -OCH3 is 1. The van der Waals surface area contributed by atoms with E-state index in [0.717, 1.165) is 34.5 Å². The monoisotopic (exact) mass is 382 g/mol. The number of para-hydroxylation sites is 2. The number of H-pyrrole nitrogens is 1. The first kappa shape index (κ1) is 21.1. The Balaban J connectivity index is 0.00000243. The van der Waals surface area contributed by atoms with Gasteiger partial charge in [-0.1, -0.05) is 12.1 Å². The Kier molecular flexibility index (Phi) is 8.24. The number of rotatable bonds is 8. The third-order valence-corrected chi connectivity index (χ3v) is 5.02. The van der Waals surface area contributed by atoms with E-state index in [1.807, 2.05) is 37.3 Å². The maximum absolute atomic E-state index is 12.7. The molecule has 2 heterocycles. The number of nitrogens with one attached hydrogen (secondary N) is 1. The molecule has 0 fully saturated rings. The summed E-state index contributed by atoms with van der Waals surface area (Å²) in [5.74, 6) is 1.06. The van der Waals surface area contributed by atoms with Crippen LogP contribution in [-0.2, 0) is 21.3 Å². The zero-order valence-corrected chi connectivity index (χ0v) is 18.1. The number of aromatic nitrogens is 3. The predicted molar refractivity (Wildman–Crippen MR) is 97.2 cm³/mol. The summed E-state index contributed by atoms with van der Waals surface area (Å²) in [6.07, 6.45) is 2.50. The first-order valence-electron chi connectivity index (χ1n) is 8.08. The van der Waals surface area contributed by atoms with Crippen molar-refractivity contribution in [1.29, 1.82) is 0 Å². The van der Waals surface area contributed by atoms with Gasteiger partial charge in [-0.15, -0.1) is 0 Å². The number of aromatic amines is 1. The molecule has 0 aliphatic rings. The van der Waals surface area contributed by atoms with Crippen LogP contribution in [-0.4, -0.2) is 39.5 Å². The third-order valence-electron chi connectivity index (χ3n) is 3.86. The van der Waals surface area contributed by atoms with E-state index >= 15 is 0 Å². The van der Waals surface area contributed by atoms with Gasteiger partial charge in [0.1, 0.15) is 5.75 Å². The molecule has 0 saturated heterocycles. The molecular weight excluding hydrogens is 361 g/mol. The number of pyridine rings is 1. The topological polar surface area (TPSA) is 77.1 Å². The summed E-state index contributed by atoms with van der Waals surface area (Å²) in [6.45, 7) is 3.17. The Morgan fingerprint density at radius 1 is 1.19 bits per heavy atom. The van der Waals surface area contributed by atoms with Crippen molar-refractivity contribution in [2.75, 3.05) is 20.3 Å². The first-order chi connectivity index (χ1) is 12.2. The number of nitrogens with zero attached hydrogens (tertiary/aromatic N) is 2. The minimum absolute atomic E-state index is 0. The van der Waals surface area contributed by atoms with Crippen molar-refractivity contribution in [3.8, 4) is 5.75 Å². The molecule has 1 aromatic carbocycles. The van der Waals surface area contributed by atoms with Crippen molar-refractivity contribution in [3.05, 3.63) is 47.8 Å². The summed E-state index contributed by atoms with van der Waals surface area (Å²) in [4.78, 5) is 11.9. The van der Waals surface area contributed by atoms with Gasteiger partial charge in [-0.2, -0.15) is 0 Å². The van der Waals surface area contributed by atoms with E-state index in [4.69, 9.17) is 9.47 Å². The normalized spacial score (nSPS) is 11.9. The summed E-state index contributed by atoms with van der Waals surface area (Å²) in [6, 6.07) is 9.47. The van der Waals surface area contributed by atoms with Gasteiger partial charge in [0.15, 0.2) is 5.16 Å². The van der Waals surface area contributed by atoms with Crippen LogP contribution in [0.25, 0.3) is 11.0 Å². The van der Waals surface area contributed by atoms with Crippen molar-refractivity contribution in [2.24, 2.45) is 0 Å². The van der Waals surface area contributed by atoms with E-state index in [0.29, 0.717) is 24.1 Å². The second-order valence-corrected chi connectivity index (χ2v) is 6.99. The summed E-state index contributed by atoms with van der Waals surface area (Å²) in [5.41, 5.74) is 3.35. The third kappa shape index (κ3) is 5.14. The Morgan fingerprint density at radius 3 is 2.77 bits per heavy atom. The predicted octanol–water partition coefficient (Wildman–Crippen LogP) is -0.00658. The number of hydrogen-bond donors (Lipinski definition) is 1. The fraction of sp³-hybridized carbons (Fsp3) is 0.333.